The van der Waals surface area contributed by atoms with Gasteiger partial charge >= 0.3 is 11.9 Å². The molecule has 0 aliphatic rings. The average Bonchev–Trinajstić information content (AvgIpc) is 2.57. The van der Waals surface area contributed by atoms with E-state index in [-0.39, 0.29) is 23.3 Å². The minimum Gasteiger partial charge on any atom is -0.459 e. The lowest BCUT2D eigenvalue weighted by Crippen LogP contribution is -2.20. The van der Waals surface area contributed by atoms with Crippen molar-refractivity contribution in [3.63, 3.8) is 0 Å². The molecule has 0 N–H and O–H groups in total. The van der Waals surface area contributed by atoms with Crippen LogP contribution >= 0.6 is 0 Å². The molecule has 1 aromatic rings. The van der Waals surface area contributed by atoms with E-state index in [1.807, 2.05) is 13.8 Å². The van der Waals surface area contributed by atoms with Crippen molar-refractivity contribution in [1.82, 2.24) is 0 Å². The van der Waals surface area contributed by atoms with Crippen molar-refractivity contribution in [1.29, 1.82) is 0 Å². The lowest BCUT2D eigenvalue weighted by Gasteiger charge is -2.16. The third kappa shape index (κ3) is 6.73. The Hall–Kier alpha value is -1.84. The Morgan fingerprint density at radius 1 is 0.833 bits per heavy atom. The van der Waals surface area contributed by atoms with Crippen LogP contribution in [0.3, 0.4) is 0 Å². The monoisotopic (exact) mass is 334 g/mol. The average molecular weight is 334 g/mol. The largest absolute Gasteiger partial charge is 0.459 e. The Morgan fingerprint density at radius 2 is 1.21 bits per heavy atom. The molecular formula is C20H30O4. The van der Waals surface area contributed by atoms with Gasteiger partial charge in [-0.3, -0.25) is 0 Å². The Morgan fingerprint density at radius 3 is 1.54 bits per heavy atom. The van der Waals surface area contributed by atoms with E-state index < -0.39 is 11.9 Å². The fourth-order valence-corrected chi connectivity index (χ4v) is 2.43. The van der Waals surface area contributed by atoms with Crippen molar-refractivity contribution in [2.24, 2.45) is 0 Å². The number of benzene rings is 1. The highest BCUT2D eigenvalue weighted by atomic mass is 16.5. The number of carbonyl (C=O) groups excluding carboxylic acids is 2. The quantitative estimate of drug-likeness (QED) is 0.555. The highest BCUT2D eigenvalue weighted by molar-refractivity contribution is 6.03. The first-order chi connectivity index (χ1) is 11.5. The number of ether oxygens (including phenoxy) is 2. The van der Waals surface area contributed by atoms with Crippen LogP contribution in [0.4, 0.5) is 0 Å². The van der Waals surface area contributed by atoms with Gasteiger partial charge in [0.15, 0.2) is 0 Å². The van der Waals surface area contributed by atoms with E-state index in [4.69, 9.17) is 9.47 Å². The van der Waals surface area contributed by atoms with Crippen molar-refractivity contribution in [2.75, 3.05) is 0 Å². The Bertz CT molecular complexity index is 477. The van der Waals surface area contributed by atoms with E-state index >= 15 is 0 Å². The molecule has 1 aromatic carbocycles. The molecule has 0 aliphatic carbocycles. The second-order valence-electron chi connectivity index (χ2n) is 6.26. The van der Waals surface area contributed by atoms with Gasteiger partial charge < -0.3 is 9.47 Å². The highest BCUT2D eigenvalue weighted by Crippen LogP contribution is 2.16. The first kappa shape index (κ1) is 20.2. The van der Waals surface area contributed by atoms with E-state index in [0.29, 0.717) is 0 Å². The highest BCUT2D eigenvalue weighted by Gasteiger charge is 2.21. The number of unbranched alkanes of at least 4 members (excludes halogenated alkanes) is 2. The van der Waals surface area contributed by atoms with Crippen LogP contribution in [0.5, 0.6) is 0 Å². The smallest absolute Gasteiger partial charge is 0.339 e. The Labute approximate surface area is 145 Å². The molecule has 0 aliphatic heterocycles. The molecule has 0 amide bonds. The zero-order valence-electron chi connectivity index (χ0n) is 15.3. The fourth-order valence-electron chi connectivity index (χ4n) is 2.43. The Balaban J connectivity index is 2.76. The van der Waals surface area contributed by atoms with Crippen LogP contribution in [-0.2, 0) is 9.47 Å². The molecule has 0 fully saturated rings. The lowest BCUT2D eigenvalue weighted by molar-refractivity contribution is 0.0271. The van der Waals surface area contributed by atoms with Gasteiger partial charge in [-0.2, -0.15) is 0 Å². The molecule has 0 saturated carbocycles. The van der Waals surface area contributed by atoms with Gasteiger partial charge in [-0.15, -0.1) is 0 Å². The molecule has 0 spiro atoms. The third-order valence-corrected chi connectivity index (χ3v) is 3.91. The summed E-state index contributed by atoms with van der Waals surface area (Å²) in [6.07, 6.45) is 5.45. The van der Waals surface area contributed by atoms with Gasteiger partial charge in [0.05, 0.1) is 23.3 Å². The number of hydrogen-bond donors (Lipinski definition) is 0. The maximum atomic E-state index is 12.4. The molecular weight excluding hydrogens is 304 g/mol. The summed E-state index contributed by atoms with van der Waals surface area (Å²) in [4.78, 5) is 24.7. The molecule has 2 atom stereocenters. The van der Waals surface area contributed by atoms with Crippen LogP contribution in [0, 0.1) is 0 Å². The summed E-state index contributed by atoms with van der Waals surface area (Å²) in [5, 5.41) is 0. The van der Waals surface area contributed by atoms with Gasteiger partial charge in [0.1, 0.15) is 0 Å². The predicted molar refractivity (Wildman–Crippen MR) is 95.2 cm³/mol. The zero-order valence-corrected chi connectivity index (χ0v) is 15.3. The maximum Gasteiger partial charge on any atom is 0.339 e. The minimum absolute atomic E-state index is 0.162. The predicted octanol–water partition coefficient (Wildman–Crippen LogP) is 5.16. The van der Waals surface area contributed by atoms with Crippen molar-refractivity contribution in [3.05, 3.63) is 35.4 Å². The van der Waals surface area contributed by atoms with E-state index in [2.05, 4.69) is 13.8 Å². The normalized spacial score (nSPS) is 13.2. The van der Waals surface area contributed by atoms with Crippen molar-refractivity contribution in [2.45, 2.75) is 78.4 Å². The second-order valence-corrected chi connectivity index (χ2v) is 6.26. The van der Waals surface area contributed by atoms with Crippen LogP contribution < -0.4 is 0 Å². The van der Waals surface area contributed by atoms with Gasteiger partial charge in [-0.1, -0.05) is 51.7 Å². The van der Waals surface area contributed by atoms with Crippen LogP contribution in [0.2, 0.25) is 0 Å². The number of hydrogen-bond acceptors (Lipinski definition) is 4. The zero-order chi connectivity index (χ0) is 17.9. The van der Waals surface area contributed by atoms with Crippen molar-refractivity contribution < 1.29 is 19.1 Å². The first-order valence-electron chi connectivity index (χ1n) is 9.00. The topological polar surface area (TPSA) is 52.6 Å². The molecule has 0 saturated heterocycles. The summed E-state index contributed by atoms with van der Waals surface area (Å²) < 4.78 is 10.9. The van der Waals surface area contributed by atoms with Crippen molar-refractivity contribution in [3.8, 4) is 0 Å². The molecule has 0 bridgehead atoms. The van der Waals surface area contributed by atoms with Crippen LogP contribution in [-0.4, -0.2) is 24.1 Å². The lowest BCUT2D eigenvalue weighted by atomic mass is 10.1. The summed E-state index contributed by atoms with van der Waals surface area (Å²) in [5.74, 6) is -0.931. The van der Waals surface area contributed by atoms with Gasteiger partial charge in [-0.05, 0) is 38.8 Å². The number of esters is 2. The molecule has 1 rings (SSSR count). The summed E-state index contributed by atoms with van der Waals surface area (Å²) >= 11 is 0. The number of rotatable bonds is 10. The molecule has 0 heterocycles. The fraction of sp³-hybridized carbons (Fsp3) is 0.600. The summed E-state index contributed by atoms with van der Waals surface area (Å²) in [5.41, 5.74) is 0.544. The van der Waals surface area contributed by atoms with E-state index in [1.165, 1.54) is 0 Å². The van der Waals surface area contributed by atoms with Crippen LogP contribution in [0.1, 0.15) is 86.9 Å². The van der Waals surface area contributed by atoms with E-state index in [1.54, 1.807) is 24.3 Å². The van der Waals surface area contributed by atoms with Crippen LogP contribution in [0.25, 0.3) is 0 Å². The SMILES string of the molecule is CCCCC(C)OC(=O)c1ccccc1C(=O)OC(C)CCCC. The summed E-state index contributed by atoms with van der Waals surface area (Å²) in [6.45, 7) is 7.95. The standard InChI is InChI=1S/C20H30O4/c1-5-7-11-15(3)23-19(21)17-13-9-10-14-18(17)20(22)24-16(4)12-8-6-2/h9-10,13-16H,5-8,11-12H2,1-4H3. The minimum atomic E-state index is -0.465. The van der Waals surface area contributed by atoms with Gasteiger partial charge in [-0.25, -0.2) is 9.59 Å². The van der Waals surface area contributed by atoms with E-state index in [0.717, 1.165) is 38.5 Å². The summed E-state index contributed by atoms with van der Waals surface area (Å²) in [6, 6.07) is 6.68. The van der Waals surface area contributed by atoms with E-state index in [9.17, 15) is 9.59 Å². The third-order valence-electron chi connectivity index (χ3n) is 3.91. The van der Waals surface area contributed by atoms with Gasteiger partial charge in [0, 0.05) is 0 Å². The Kier molecular flexibility index (Phi) is 9.13. The molecule has 0 aromatic heterocycles. The molecule has 0 radical (unpaired) electrons. The first-order valence-corrected chi connectivity index (χ1v) is 9.00. The van der Waals surface area contributed by atoms with Gasteiger partial charge in [0.25, 0.3) is 0 Å². The molecule has 4 heteroatoms. The molecule has 2 unspecified atom stereocenters. The second kappa shape index (κ2) is 10.8. The molecule has 24 heavy (non-hydrogen) atoms. The van der Waals surface area contributed by atoms with Crippen molar-refractivity contribution >= 4 is 11.9 Å². The van der Waals surface area contributed by atoms with Crippen LogP contribution in [0.15, 0.2) is 24.3 Å². The maximum absolute atomic E-state index is 12.4. The van der Waals surface area contributed by atoms with Gasteiger partial charge in [0.2, 0.25) is 0 Å². The summed E-state index contributed by atoms with van der Waals surface area (Å²) in [7, 11) is 0. The number of carbonyl (C=O) groups is 2. The molecule has 134 valence electrons. The molecule has 4 nitrogen and oxygen atoms in total.